The number of hydrogen-bond donors (Lipinski definition) is 2. The molecule has 0 radical (unpaired) electrons. The van der Waals surface area contributed by atoms with E-state index in [1.165, 1.54) is 0 Å². The molecular weight excluding hydrogens is 420 g/mol. The SMILES string of the molecule is CCCCOCC(O)COc1ccc2c(OCC(O)COCCCC)c(Cl)ccc2c1. The minimum Gasteiger partial charge on any atom is -0.491 e. The van der Waals surface area contributed by atoms with Gasteiger partial charge in [-0.1, -0.05) is 44.4 Å². The predicted molar refractivity (Wildman–Crippen MR) is 123 cm³/mol. The lowest BCUT2D eigenvalue weighted by atomic mass is 10.1. The van der Waals surface area contributed by atoms with Crippen molar-refractivity contribution in [3.63, 3.8) is 0 Å². The Hall–Kier alpha value is -1.57. The first-order valence-corrected chi connectivity index (χ1v) is 11.4. The fourth-order valence-corrected chi connectivity index (χ4v) is 3.11. The Kier molecular flexibility index (Phi) is 12.0. The zero-order chi connectivity index (χ0) is 22.5. The Morgan fingerprint density at radius 1 is 0.806 bits per heavy atom. The highest BCUT2D eigenvalue weighted by molar-refractivity contribution is 6.33. The van der Waals surface area contributed by atoms with E-state index in [1.54, 1.807) is 12.1 Å². The first-order chi connectivity index (χ1) is 15.0. The van der Waals surface area contributed by atoms with Crippen molar-refractivity contribution in [1.82, 2.24) is 0 Å². The number of unbranched alkanes of at least 4 members (excludes halogenated alkanes) is 2. The maximum absolute atomic E-state index is 10.1. The van der Waals surface area contributed by atoms with Crippen LogP contribution in [-0.2, 0) is 9.47 Å². The summed E-state index contributed by atoms with van der Waals surface area (Å²) >= 11 is 6.33. The van der Waals surface area contributed by atoms with E-state index in [1.807, 2.05) is 18.2 Å². The Morgan fingerprint density at radius 2 is 1.42 bits per heavy atom. The fourth-order valence-electron chi connectivity index (χ4n) is 2.89. The number of aliphatic hydroxyl groups is 2. The van der Waals surface area contributed by atoms with Gasteiger partial charge in [-0.05, 0) is 42.5 Å². The molecule has 2 unspecified atom stereocenters. The van der Waals surface area contributed by atoms with Crippen LogP contribution in [-0.4, -0.2) is 62.1 Å². The van der Waals surface area contributed by atoms with E-state index in [-0.39, 0.29) is 26.4 Å². The van der Waals surface area contributed by atoms with Crippen LogP contribution in [0.25, 0.3) is 10.8 Å². The molecule has 0 saturated carbocycles. The van der Waals surface area contributed by atoms with Gasteiger partial charge in [-0.25, -0.2) is 0 Å². The molecule has 174 valence electrons. The quantitative estimate of drug-likeness (QED) is 0.361. The molecule has 0 fully saturated rings. The van der Waals surface area contributed by atoms with Gasteiger partial charge >= 0.3 is 0 Å². The monoisotopic (exact) mass is 454 g/mol. The molecule has 0 aliphatic rings. The lowest BCUT2D eigenvalue weighted by Gasteiger charge is -2.16. The number of aliphatic hydroxyl groups excluding tert-OH is 2. The molecule has 0 aromatic heterocycles. The van der Waals surface area contributed by atoms with Crippen LogP contribution in [0.4, 0.5) is 0 Å². The van der Waals surface area contributed by atoms with Gasteiger partial charge < -0.3 is 29.2 Å². The lowest BCUT2D eigenvalue weighted by Crippen LogP contribution is -2.24. The van der Waals surface area contributed by atoms with Crippen molar-refractivity contribution >= 4 is 22.4 Å². The molecule has 0 heterocycles. The van der Waals surface area contributed by atoms with Crippen molar-refractivity contribution in [2.75, 3.05) is 39.6 Å². The third kappa shape index (κ3) is 9.21. The topological polar surface area (TPSA) is 77.4 Å². The largest absolute Gasteiger partial charge is 0.491 e. The highest BCUT2D eigenvalue weighted by Gasteiger charge is 2.13. The van der Waals surface area contributed by atoms with Crippen molar-refractivity contribution in [3.05, 3.63) is 35.4 Å². The average molecular weight is 455 g/mol. The Morgan fingerprint density at radius 3 is 2.03 bits per heavy atom. The van der Waals surface area contributed by atoms with Gasteiger partial charge in [0.15, 0.2) is 0 Å². The van der Waals surface area contributed by atoms with Crippen molar-refractivity contribution in [1.29, 1.82) is 0 Å². The minimum atomic E-state index is -0.730. The van der Waals surface area contributed by atoms with E-state index in [4.69, 9.17) is 30.5 Å². The molecule has 0 aliphatic heterocycles. The van der Waals surface area contributed by atoms with E-state index in [9.17, 15) is 10.2 Å². The molecule has 2 atom stereocenters. The lowest BCUT2D eigenvalue weighted by molar-refractivity contribution is 0.0113. The third-order valence-corrected chi connectivity index (χ3v) is 4.96. The van der Waals surface area contributed by atoms with Crippen LogP contribution >= 0.6 is 11.6 Å². The van der Waals surface area contributed by atoms with Crippen molar-refractivity contribution in [3.8, 4) is 11.5 Å². The zero-order valence-electron chi connectivity index (χ0n) is 18.5. The van der Waals surface area contributed by atoms with Crippen LogP contribution in [0.15, 0.2) is 30.3 Å². The summed E-state index contributed by atoms with van der Waals surface area (Å²) < 4.78 is 22.4. The number of ether oxygens (including phenoxy) is 4. The van der Waals surface area contributed by atoms with Crippen LogP contribution in [0.1, 0.15) is 39.5 Å². The maximum Gasteiger partial charge on any atom is 0.145 e. The molecule has 0 bridgehead atoms. The normalized spacial score (nSPS) is 13.3. The van der Waals surface area contributed by atoms with E-state index < -0.39 is 12.2 Å². The van der Waals surface area contributed by atoms with Gasteiger partial charge in [0.25, 0.3) is 0 Å². The second-order valence-electron chi connectivity index (χ2n) is 7.55. The summed E-state index contributed by atoms with van der Waals surface area (Å²) in [7, 11) is 0. The molecule has 0 spiro atoms. The van der Waals surface area contributed by atoms with Gasteiger partial charge in [-0.3, -0.25) is 0 Å². The highest BCUT2D eigenvalue weighted by Crippen LogP contribution is 2.35. The molecule has 6 nitrogen and oxygen atoms in total. The molecule has 0 amide bonds. The number of halogens is 1. The van der Waals surface area contributed by atoms with Gasteiger partial charge in [0.05, 0.1) is 18.2 Å². The standard InChI is InChI=1S/C24H35ClO6/c1-3-5-11-28-14-19(26)16-30-21-8-9-22-18(13-21)7-10-23(25)24(22)31-17-20(27)15-29-12-6-4-2/h7-10,13,19-20,26-27H,3-6,11-12,14-17H2,1-2H3. The highest BCUT2D eigenvalue weighted by atomic mass is 35.5. The Bertz CT molecular complexity index is 769. The molecule has 2 N–H and O–H groups in total. The second kappa shape index (κ2) is 14.5. The maximum atomic E-state index is 10.1. The van der Waals surface area contributed by atoms with Crippen LogP contribution in [0.2, 0.25) is 5.02 Å². The first kappa shape index (κ1) is 25.7. The smallest absolute Gasteiger partial charge is 0.145 e. The summed E-state index contributed by atoms with van der Waals surface area (Å²) in [5, 5.41) is 22.3. The van der Waals surface area contributed by atoms with Crippen molar-refractivity contribution < 1.29 is 29.2 Å². The number of rotatable bonds is 16. The van der Waals surface area contributed by atoms with E-state index in [0.29, 0.717) is 29.7 Å². The van der Waals surface area contributed by atoms with Gasteiger partial charge in [-0.2, -0.15) is 0 Å². The molecular formula is C24H35ClO6. The predicted octanol–water partition coefficient (Wildman–Crippen LogP) is 4.61. The third-order valence-electron chi connectivity index (χ3n) is 4.66. The molecule has 0 aliphatic carbocycles. The van der Waals surface area contributed by atoms with Gasteiger partial charge in [0.1, 0.15) is 36.9 Å². The molecule has 2 aromatic carbocycles. The van der Waals surface area contributed by atoms with E-state index in [2.05, 4.69) is 13.8 Å². The van der Waals surface area contributed by atoms with E-state index >= 15 is 0 Å². The number of benzene rings is 2. The van der Waals surface area contributed by atoms with Crippen molar-refractivity contribution in [2.24, 2.45) is 0 Å². The van der Waals surface area contributed by atoms with Crippen LogP contribution in [0, 0.1) is 0 Å². The molecule has 0 saturated heterocycles. The van der Waals surface area contributed by atoms with Crippen molar-refractivity contribution in [2.45, 2.75) is 51.7 Å². The summed E-state index contributed by atoms with van der Waals surface area (Å²) in [5.41, 5.74) is 0. The second-order valence-corrected chi connectivity index (χ2v) is 7.95. The number of hydrogen-bond acceptors (Lipinski definition) is 6. The minimum absolute atomic E-state index is 0.0907. The van der Waals surface area contributed by atoms with Gasteiger partial charge in [0.2, 0.25) is 0 Å². The summed E-state index contributed by atoms with van der Waals surface area (Å²) in [6.45, 7) is 6.19. The molecule has 31 heavy (non-hydrogen) atoms. The summed E-state index contributed by atoms with van der Waals surface area (Å²) in [6.07, 6.45) is 2.65. The van der Waals surface area contributed by atoms with Gasteiger partial charge in [0, 0.05) is 18.6 Å². The van der Waals surface area contributed by atoms with E-state index in [0.717, 1.165) is 36.5 Å². The fraction of sp³-hybridized carbons (Fsp3) is 0.583. The number of fused-ring (bicyclic) bond motifs is 1. The Labute approximate surface area is 190 Å². The summed E-state index contributed by atoms with van der Waals surface area (Å²) in [5.74, 6) is 1.15. The Balaban J connectivity index is 1.91. The van der Waals surface area contributed by atoms with Crippen LogP contribution in [0.5, 0.6) is 11.5 Å². The van der Waals surface area contributed by atoms with Gasteiger partial charge in [-0.15, -0.1) is 0 Å². The van der Waals surface area contributed by atoms with Crippen LogP contribution in [0.3, 0.4) is 0 Å². The van der Waals surface area contributed by atoms with Crippen LogP contribution < -0.4 is 9.47 Å². The first-order valence-electron chi connectivity index (χ1n) is 11.0. The summed E-state index contributed by atoms with van der Waals surface area (Å²) in [6, 6.07) is 9.17. The molecule has 2 aromatic rings. The summed E-state index contributed by atoms with van der Waals surface area (Å²) in [4.78, 5) is 0. The molecule has 7 heteroatoms. The average Bonchev–Trinajstić information content (AvgIpc) is 2.77. The zero-order valence-corrected chi connectivity index (χ0v) is 19.3. The molecule has 2 rings (SSSR count).